The summed E-state index contributed by atoms with van der Waals surface area (Å²) in [5, 5.41) is 8.02. The predicted molar refractivity (Wildman–Crippen MR) is 137 cm³/mol. The van der Waals surface area contributed by atoms with Crippen molar-refractivity contribution in [2.75, 3.05) is 0 Å². The molecule has 0 aliphatic heterocycles. The van der Waals surface area contributed by atoms with Crippen LogP contribution in [0.15, 0.2) is 30.3 Å². The van der Waals surface area contributed by atoms with Gasteiger partial charge in [0, 0.05) is 10.9 Å². The number of thiocarbonyl (C=S) groups is 1. The average Bonchev–Trinajstić information content (AvgIpc) is 3.24. The van der Waals surface area contributed by atoms with Crippen LogP contribution in [0.25, 0.3) is 6.08 Å². The maximum absolute atomic E-state index is 13.3. The van der Waals surface area contributed by atoms with Crippen LogP contribution in [0.3, 0.4) is 0 Å². The number of allylic oxidation sites excluding steroid dienone is 1. The lowest BCUT2D eigenvalue weighted by Gasteiger charge is -2.24. The molecule has 32 heavy (non-hydrogen) atoms. The standard InChI is InChI=1S/C27H37N3OS/c1-6-18(2)15-16-23-19(3)11-10-14-24(23)20(4)30-26(17-25(29-30)21(5)32)27(31)28-22-12-8-7-9-13-22/h10-11,14-18,20,22H,6-9,12-13H2,1-5H3,(H,28,31)/b16-15-. The van der Waals surface area contributed by atoms with Gasteiger partial charge in [-0.05, 0) is 62.3 Å². The van der Waals surface area contributed by atoms with Gasteiger partial charge in [-0.25, -0.2) is 0 Å². The van der Waals surface area contributed by atoms with E-state index in [1.165, 1.54) is 30.4 Å². The van der Waals surface area contributed by atoms with E-state index in [2.05, 4.69) is 63.4 Å². The van der Waals surface area contributed by atoms with Crippen molar-refractivity contribution >= 4 is 29.1 Å². The number of benzene rings is 1. The number of carbonyl (C=O) groups excluding carboxylic acids is 1. The van der Waals surface area contributed by atoms with Gasteiger partial charge in [0.05, 0.1) is 11.7 Å². The van der Waals surface area contributed by atoms with Crippen molar-refractivity contribution in [2.24, 2.45) is 5.92 Å². The number of nitrogens with zero attached hydrogens (tertiary/aromatic N) is 2. The van der Waals surface area contributed by atoms with E-state index < -0.39 is 0 Å². The Labute approximate surface area is 198 Å². The minimum atomic E-state index is -0.0957. The third-order valence-electron chi connectivity index (χ3n) is 6.68. The zero-order valence-electron chi connectivity index (χ0n) is 20.1. The first-order chi connectivity index (χ1) is 15.3. The Bertz CT molecular complexity index is 985. The molecule has 0 bridgehead atoms. The second-order valence-electron chi connectivity index (χ2n) is 9.22. The van der Waals surface area contributed by atoms with Crippen LogP contribution >= 0.6 is 12.2 Å². The van der Waals surface area contributed by atoms with Crippen molar-refractivity contribution in [3.05, 3.63) is 58.4 Å². The summed E-state index contributed by atoms with van der Waals surface area (Å²) >= 11 is 5.40. The lowest BCUT2D eigenvalue weighted by molar-refractivity contribution is 0.0915. The summed E-state index contributed by atoms with van der Waals surface area (Å²) in [7, 11) is 0. The summed E-state index contributed by atoms with van der Waals surface area (Å²) in [4.78, 5) is 14.0. The molecule has 3 rings (SSSR count). The molecule has 1 aliphatic rings. The van der Waals surface area contributed by atoms with Crippen LogP contribution in [0.5, 0.6) is 0 Å². The number of rotatable bonds is 8. The summed E-state index contributed by atoms with van der Waals surface area (Å²) in [6.45, 7) is 10.5. The summed E-state index contributed by atoms with van der Waals surface area (Å²) in [5.74, 6) is 0.464. The zero-order chi connectivity index (χ0) is 23.3. The fourth-order valence-corrected chi connectivity index (χ4v) is 4.46. The van der Waals surface area contributed by atoms with E-state index in [1.807, 2.05) is 17.7 Å². The number of hydrogen-bond acceptors (Lipinski definition) is 3. The van der Waals surface area contributed by atoms with Crippen molar-refractivity contribution in [3.8, 4) is 0 Å². The maximum atomic E-state index is 13.3. The van der Waals surface area contributed by atoms with Gasteiger partial charge >= 0.3 is 0 Å². The third kappa shape index (κ3) is 5.74. The van der Waals surface area contributed by atoms with Crippen molar-refractivity contribution in [2.45, 2.75) is 85.2 Å². The molecule has 1 aliphatic carbocycles. The molecule has 0 spiro atoms. The Morgan fingerprint density at radius 3 is 2.66 bits per heavy atom. The summed E-state index contributed by atoms with van der Waals surface area (Å²) in [5.41, 5.74) is 4.87. The topological polar surface area (TPSA) is 46.9 Å². The van der Waals surface area contributed by atoms with Crippen molar-refractivity contribution in [1.82, 2.24) is 15.1 Å². The van der Waals surface area contributed by atoms with E-state index in [1.54, 1.807) is 0 Å². The van der Waals surface area contributed by atoms with Crippen molar-refractivity contribution < 1.29 is 4.79 Å². The molecule has 2 atom stereocenters. The zero-order valence-corrected chi connectivity index (χ0v) is 21.0. The lowest BCUT2D eigenvalue weighted by Crippen LogP contribution is -2.37. The number of amides is 1. The fourth-order valence-electron chi connectivity index (χ4n) is 4.36. The Morgan fingerprint density at radius 1 is 1.28 bits per heavy atom. The van der Waals surface area contributed by atoms with Crippen molar-refractivity contribution in [3.63, 3.8) is 0 Å². The third-order valence-corrected chi connectivity index (χ3v) is 6.89. The molecule has 1 N–H and O–H groups in total. The smallest absolute Gasteiger partial charge is 0.269 e. The number of carbonyl (C=O) groups is 1. The molecular weight excluding hydrogens is 414 g/mol. The molecule has 0 radical (unpaired) electrons. The number of nitrogens with one attached hydrogen (secondary N) is 1. The molecule has 2 unspecified atom stereocenters. The molecule has 5 heteroatoms. The normalized spacial score (nSPS) is 16.8. The average molecular weight is 452 g/mol. The molecule has 4 nitrogen and oxygen atoms in total. The second-order valence-corrected chi connectivity index (χ2v) is 9.83. The monoisotopic (exact) mass is 451 g/mol. The van der Waals surface area contributed by atoms with Crippen LogP contribution in [0, 0.1) is 12.8 Å². The summed E-state index contributed by atoms with van der Waals surface area (Å²) in [6, 6.07) is 8.36. The predicted octanol–water partition coefficient (Wildman–Crippen LogP) is 6.66. The van der Waals surface area contributed by atoms with Crippen LogP contribution < -0.4 is 5.32 Å². The quantitative estimate of drug-likeness (QED) is 0.360. The number of aromatic nitrogens is 2. The van der Waals surface area contributed by atoms with E-state index in [9.17, 15) is 4.79 Å². The van der Waals surface area contributed by atoms with E-state index >= 15 is 0 Å². The highest BCUT2D eigenvalue weighted by Gasteiger charge is 2.24. The molecule has 1 amide bonds. The fraction of sp³-hybridized carbons (Fsp3) is 0.519. The van der Waals surface area contributed by atoms with Crippen LogP contribution in [0.1, 0.15) is 105 Å². The molecule has 0 saturated heterocycles. The molecule has 1 aromatic heterocycles. The van der Waals surface area contributed by atoms with Gasteiger partial charge in [-0.2, -0.15) is 5.10 Å². The lowest BCUT2D eigenvalue weighted by atomic mass is 9.95. The molecule has 1 aromatic carbocycles. The first-order valence-corrected chi connectivity index (χ1v) is 12.4. The first kappa shape index (κ1) is 24.4. The van der Waals surface area contributed by atoms with E-state index in [-0.39, 0.29) is 18.0 Å². The van der Waals surface area contributed by atoms with Gasteiger partial charge < -0.3 is 5.32 Å². The molecule has 1 saturated carbocycles. The van der Waals surface area contributed by atoms with Crippen LogP contribution in [0.4, 0.5) is 0 Å². The van der Waals surface area contributed by atoms with Crippen LogP contribution in [0.2, 0.25) is 0 Å². The Kier molecular flexibility index (Phi) is 8.41. The Hall–Kier alpha value is -2.27. The van der Waals surface area contributed by atoms with Gasteiger partial charge in [0.15, 0.2) is 0 Å². The van der Waals surface area contributed by atoms with E-state index in [0.717, 1.165) is 24.8 Å². The number of hydrogen-bond donors (Lipinski definition) is 1. The first-order valence-electron chi connectivity index (χ1n) is 12.0. The largest absolute Gasteiger partial charge is 0.348 e. The summed E-state index contributed by atoms with van der Waals surface area (Å²) in [6.07, 6.45) is 11.3. The molecule has 172 valence electrons. The minimum Gasteiger partial charge on any atom is -0.348 e. The van der Waals surface area contributed by atoms with Gasteiger partial charge in [-0.1, -0.05) is 82.1 Å². The molecule has 2 aromatic rings. The SMILES string of the molecule is CCC(C)/C=C\c1c(C)cccc1C(C)n1nc(C(C)=S)cc1C(=O)NC1CCCCC1. The highest BCUT2D eigenvalue weighted by atomic mass is 32.1. The summed E-state index contributed by atoms with van der Waals surface area (Å²) < 4.78 is 1.86. The van der Waals surface area contributed by atoms with Gasteiger partial charge in [-0.15, -0.1) is 0 Å². The molecule has 1 fully saturated rings. The highest BCUT2D eigenvalue weighted by Crippen LogP contribution is 2.28. The molecule has 1 heterocycles. The van der Waals surface area contributed by atoms with Gasteiger partial charge in [0.1, 0.15) is 5.69 Å². The van der Waals surface area contributed by atoms with E-state index in [0.29, 0.717) is 22.2 Å². The van der Waals surface area contributed by atoms with Gasteiger partial charge in [0.2, 0.25) is 0 Å². The number of aryl methyl sites for hydroxylation is 1. The maximum Gasteiger partial charge on any atom is 0.269 e. The highest BCUT2D eigenvalue weighted by molar-refractivity contribution is 7.80. The van der Waals surface area contributed by atoms with E-state index in [4.69, 9.17) is 17.3 Å². The Morgan fingerprint density at radius 2 is 2.00 bits per heavy atom. The van der Waals surface area contributed by atoms with Crippen LogP contribution in [-0.4, -0.2) is 26.6 Å². The van der Waals surface area contributed by atoms with Gasteiger partial charge in [-0.3, -0.25) is 9.48 Å². The minimum absolute atomic E-state index is 0.0527. The van der Waals surface area contributed by atoms with Crippen LogP contribution in [-0.2, 0) is 0 Å². The second kappa shape index (κ2) is 11.0. The van der Waals surface area contributed by atoms with Crippen molar-refractivity contribution in [1.29, 1.82) is 0 Å². The van der Waals surface area contributed by atoms with Gasteiger partial charge in [0.25, 0.3) is 5.91 Å². The Balaban J connectivity index is 1.98. The molecular formula is C27H37N3OS.